The Kier molecular flexibility index (Phi) is 4.80. The zero-order valence-electron chi connectivity index (χ0n) is 12.9. The second kappa shape index (κ2) is 6.60. The van der Waals surface area contributed by atoms with E-state index in [1.54, 1.807) is 6.92 Å². The van der Waals surface area contributed by atoms with Crippen molar-refractivity contribution in [3.05, 3.63) is 35.9 Å². The molecule has 0 saturated carbocycles. The molecule has 1 unspecified atom stereocenters. The van der Waals surface area contributed by atoms with Crippen LogP contribution in [0.2, 0.25) is 0 Å². The zero-order chi connectivity index (χ0) is 16.2. The Balaban J connectivity index is 2.01. The van der Waals surface area contributed by atoms with Crippen LogP contribution in [-0.2, 0) is 16.0 Å². The molecule has 0 bridgehead atoms. The van der Waals surface area contributed by atoms with Crippen molar-refractivity contribution in [3.63, 3.8) is 0 Å². The van der Waals surface area contributed by atoms with Crippen LogP contribution in [0.15, 0.2) is 30.3 Å². The van der Waals surface area contributed by atoms with Gasteiger partial charge in [-0.1, -0.05) is 37.3 Å². The molecule has 2 rings (SSSR count). The van der Waals surface area contributed by atoms with Crippen molar-refractivity contribution in [3.8, 4) is 0 Å². The first-order valence-electron chi connectivity index (χ1n) is 7.46. The Morgan fingerprint density at radius 3 is 2.59 bits per heavy atom. The minimum atomic E-state index is -0.994. The summed E-state index contributed by atoms with van der Waals surface area (Å²) in [6.45, 7) is 3.54. The lowest BCUT2D eigenvalue weighted by molar-refractivity contribution is -0.138. The van der Waals surface area contributed by atoms with Crippen molar-refractivity contribution in [2.24, 2.45) is 0 Å². The number of imide groups is 1. The van der Waals surface area contributed by atoms with Crippen molar-refractivity contribution in [2.75, 3.05) is 0 Å². The molecule has 1 saturated heterocycles. The molecule has 118 valence electrons. The zero-order valence-corrected chi connectivity index (χ0v) is 12.9. The molecule has 1 aromatic carbocycles. The van der Waals surface area contributed by atoms with Gasteiger partial charge in [0.15, 0.2) is 0 Å². The van der Waals surface area contributed by atoms with Crippen LogP contribution in [0.5, 0.6) is 0 Å². The third-order valence-corrected chi connectivity index (χ3v) is 3.73. The van der Waals surface area contributed by atoms with Crippen LogP contribution in [0.25, 0.3) is 0 Å². The van der Waals surface area contributed by atoms with Crippen LogP contribution < -0.4 is 10.7 Å². The quantitative estimate of drug-likeness (QED) is 0.786. The average Bonchev–Trinajstić information content (AvgIpc) is 2.71. The lowest BCUT2D eigenvalue weighted by Gasteiger charge is -2.21. The highest BCUT2D eigenvalue weighted by Gasteiger charge is 2.48. The van der Waals surface area contributed by atoms with Gasteiger partial charge < -0.3 is 5.32 Å². The van der Waals surface area contributed by atoms with Gasteiger partial charge in [-0.25, -0.2) is 4.79 Å². The molecular formula is C16H21N3O3. The number of urea groups is 1. The Hall–Kier alpha value is -2.37. The van der Waals surface area contributed by atoms with Crippen LogP contribution in [-0.4, -0.2) is 28.4 Å². The van der Waals surface area contributed by atoms with Gasteiger partial charge in [-0.05, 0) is 31.7 Å². The van der Waals surface area contributed by atoms with E-state index in [0.29, 0.717) is 19.3 Å². The molecule has 0 radical (unpaired) electrons. The number of carbonyl (C=O) groups excluding carboxylic acids is 3. The maximum Gasteiger partial charge on any atom is 0.344 e. The van der Waals surface area contributed by atoms with Gasteiger partial charge in [0.2, 0.25) is 5.91 Å². The van der Waals surface area contributed by atoms with Crippen LogP contribution in [0, 0.1) is 0 Å². The predicted molar refractivity (Wildman–Crippen MR) is 81.6 cm³/mol. The summed E-state index contributed by atoms with van der Waals surface area (Å²) in [7, 11) is 0. The number of hydrogen-bond donors (Lipinski definition) is 2. The molecule has 2 N–H and O–H groups in total. The summed E-state index contributed by atoms with van der Waals surface area (Å²) >= 11 is 0. The molecule has 6 heteroatoms. The van der Waals surface area contributed by atoms with E-state index in [2.05, 4.69) is 10.7 Å². The molecule has 0 aromatic heterocycles. The molecular weight excluding hydrogens is 282 g/mol. The van der Waals surface area contributed by atoms with Gasteiger partial charge in [-0.15, -0.1) is 0 Å². The van der Waals surface area contributed by atoms with Gasteiger partial charge in [-0.2, -0.15) is 5.01 Å². The molecule has 22 heavy (non-hydrogen) atoms. The summed E-state index contributed by atoms with van der Waals surface area (Å²) in [5.74, 6) is -0.754. The minimum absolute atomic E-state index is 0.276. The van der Waals surface area contributed by atoms with Crippen molar-refractivity contribution < 1.29 is 14.4 Å². The summed E-state index contributed by atoms with van der Waals surface area (Å²) in [4.78, 5) is 36.0. The largest absolute Gasteiger partial charge is 0.344 e. The maximum absolute atomic E-state index is 12.4. The first-order chi connectivity index (χ1) is 10.5. The Morgan fingerprint density at radius 1 is 1.27 bits per heavy atom. The summed E-state index contributed by atoms with van der Waals surface area (Å²) in [6.07, 6.45) is 2.07. The fraction of sp³-hybridized carbons (Fsp3) is 0.438. The van der Waals surface area contributed by atoms with Gasteiger partial charge in [0.05, 0.1) is 0 Å². The molecule has 1 aliphatic heterocycles. The molecule has 1 heterocycles. The maximum atomic E-state index is 12.4. The fourth-order valence-electron chi connectivity index (χ4n) is 2.40. The van der Waals surface area contributed by atoms with Crippen molar-refractivity contribution in [2.45, 2.75) is 45.1 Å². The average molecular weight is 303 g/mol. The molecule has 6 nitrogen and oxygen atoms in total. The third-order valence-electron chi connectivity index (χ3n) is 3.73. The van der Waals surface area contributed by atoms with E-state index in [1.165, 1.54) is 0 Å². The smallest absolute Gasteiger partial charge is 0.322 e. The summed E-state index contributed by atoms with van der Waals surface area (Å²) < 4.78 is 0. The molecule has 1 fully saturated rings. The van der Waals surface area contributed by atoms with Crippen molar-refractivity contribution in [1.29, 1.82) is 0 Å². The molecule has 1 aliphatic rings. The number of hydrogen-bond acceptors (Lipinski definition) is 3. The first kappa shape index (κ1) is 16.0. The van der Waals surface area contributed by atoms with E-state index >= 15 is 0 Å². The van der Waals surface area contributed by atoms with E-state index in [1.807, 2.05) is 37.3 Å². The number of nitrogens with zero attached hydrogens (tertiary/aromatic N) is 1. The molecule has 0 aliphatic carbocycles. The molecule has 1 aromatic rings. The monoisotopic (exact) mass is 303 g/mol. The lowest BCUT2D eigenvalue weighted by atomic mass is 9.93. The fourth-order valence-corrected chi connectivity index (χ4v) is 2.40. The van der Waals surface area contributed by atoms with Crippen LogP contribution in [0.1, 0.15) is 38.7 Å². The standard InChI is InChI=1S/C16H21N3O3/c1-3-7-13(20)18-19-14(21)16(2,17-15(19)22)11-10-12-8-5-4-6-9-12/h4-6,8-9H,3,7,10-11H2,1-2H3,(H,17,22)(H,18,20). The number of amides is 4. The van der Waals surface area contributed by atoms with E-state index < -0.39 is 17.5 Å². The van der Waals surface area contributed by atoms with E-state index in [4.69, 9.17) is 0 Å². The number of aryl methyl sites for hydroxylation is 1. The summed E-state index contributed by atoms with van der Waals surface area (Å²) in [5, 5.41) is 3.47. The number of nitrogens with one attached hydrogen (secondary N) is 2. The van der Waals surface area contributed by atoms with Gasteiger partial charge in [0.1, 0.15) is 5.54 Å². The SMILES string of the molecule is CCCC(=O)NN1C(=O)NC(C)(CCc2ccccc2)C1=O. The third kappa shape index (κ3) is 3.44. The van der Waals surface area contributed by atoms with E-state index in [9.17, 15) is 14.4 Å². The highest BCUT2D eigenvalue weighted by molar-refractivity contribution is 6.07. The van der Waals surface area contributed by atoms with Gasteiger partial charge in [0, 0.05) is 6.42 Å². The second-order valence-corrected chi connectivity index (χ2v) is 5.67. The van der Waals surface area contributed by atoms with E-state index in [0.717, 1.165) is 10.6 Å². The highest BCUT2D eigenvalue weighted by atomic mass is 16.2. The second-order valence-electron chi connectivity index (χ2n) is 5.67. The van der Waals surface area contributed by atoms with Gasteiger partial charge in [-0.3, -0.25) is 15.0 Å². The van der Waals surface area contributed by atoms with Crippen LogP contribution >= 0.6 is 0 Å². The van der Waals surface area contributed by atoms with Crippen LogP contribution in [0.3, 0.4) is 0 Å². The number of rotatable bonds is 6. The number of carbonyl (C=O) groups is 3. The van der Waals surface area contributed by atoms with E-state index in [-0.39, 0.29) is 12.3 Å². The Bertz CT molecular complexity index is 573. The number of benzene rings is 1. The van der Waals surface area contributed by atoms with Crippen LogP contribution in [0.4, 0.5) is 4.79 Å². The minimum Gasteiger partial charge on any atom is -0.322 e. The Morgan fingerprint density at radius 2 is 1.95 bits per heavy atom. The predicted octanol–water partition coefficient (Wildman–Crippen LogP) is 1.76. The summed E-state index contributed by atoms with van der Waals surface area (Å²) in [5.41, 5.74) is 2.47. The molecule has 4 amide bonds. The summed E-state index contributed by atoms with van der Waals surface area (Å²) in [6, 6.07) is 9.17. The van der Waals surface area contributed by atoms with Crippen molar-refractivity contribution in [1.82, 2.24) is 15.8 Å². The Labute approximate surface area is 129 Å². The number of hydrazine groups is 1. The highest BCUT2D eigenvalue weighted by Crippen LogP contribution is 2.22. The van der Waals surface area contributed by atoms with Crippen molar-refractivity contribution >= 4 is 17.8 Å². The molecule has 0 spiro atoms. The molecule has 1 atom stereocenters. The van der Waals surface area contributed by atoms with Gasteiger partial charge >= 0.3 is 6.03 Å². The normalized spacial score (nSPS) is 20.9. The lowest BCUT2D eigenvalue weighted by Crippen LogP contribution is -2.48. The van der Waals surface area contributed by atoms with Gasteiger partial charge in [0.25, 0.3) is 5.91 Å². The topological polar surface area (TPSA) is 78.5 Å². The first-order valence-corrected chi connectivity index (χ1v) is 7.46.